The van der Waals surface area contributed by atoms with Crippen molar-refractivity contribution >= 4 is 22.9 Å². The smallest absolute Gasteiger partial charge is 0.308 e. The highest BCUT2D eigenvalue weighted by atomic mass is 16.5. The number of esters is 1. The van der Waals surface area contributed by atoms with Gasteiger partial charge in [0.05, 0.1) is 30.3 Å². The zero-order valence-corrected chi connectivity index (χ0v) is 22.3. The molecule has 35 heavy (non-hydrogen) atoms. The molecule has 7 nitrogen and oxygen atoms in total. The summed E-state index contributed by atoms with van der Waals surface area (Å²) in [7, 11) is 0. The Hall–Kier alpha value is -3.22. The highest BCUT2D eigenvalue weighted by Gasteiger charge is 2.24. The Morgan fingerprint density at radius 1 is 1.06 bits per heavy atom. The predicted molar refractivity (Wildman–Crippen MR) is 138 cm³/mol. The molecule has 188 valence electrons. The Balaban J connectivity index is 1.80. The minimum atomic E-state index is -0.433. The fourth-order valence-corrected chi connectivity index (χ4v) is 4.48. The lowest BCUT2D eigenvalue weighted by atomic mass is 9.98. The van der Waals surface area contributed by atoms with Crippen LogP contribution in [0.5, 0.6) is 0 Å². The Morgan fingerprint density at radius 3 is 2.31 bits per heavy atom. The number of aryl methyl sites for hydroxylation is 4. The van der Waals surface area contributed by atoms with Crippen molar-refractivity contribution in [3.63, 3.8) is 0 Å². The molecule has 1 N–H and O–H groups in total. The fraction of sp³-hybridized carbons (Fsp3) is 0.500. The van der Waals surface area contributed by atoms with Gasteiger partial charge in [-0.05, 0) is 78.5 Å². The molecule has 0 saturated heterocycles. The van der Waals surface area contributed by atoms with E-state index in [-0.39, 0.29) is 23.8 Å². The number of benzene rings is 1. The normalized spacial score (nSPS) is 12.6. The van der Waals surface area contributed by atoms with Crippen LogP contribution in [0.25, 0.3) is 11.0 Å². The molecule has 0 aliphatic rings. The summed E-state index contributed by atoms with van der Waals surface area (Å²) in [5.74, 6) is -0.438. The number of aromatic nitrogens is 3. The highest BCUT2D eigenvalue weighted by molar-refractivity contribution is 5.84. The number of fused-ring (bicyclic) bond motifs is 1. The van der Waals surface area contributed by atoms with Crippen LogP contribution in [-0.2, 0) is 26.3 Å². The summed E-state index contributed by atoms with van der Waals surface area (Å²) in [4.78, 5) is 30.1. The van der Waals surface area contributed by atoms with Gasteiger partial charge in [-0.2, -0.15) is 5.10 Å². The van der Waals surface area contributed by atoms with E-state index in [2.05, 4.69) is 33.0 Å². The van der Waals surface area contributed by atoms with E-state index in [1.54, 1.807) is 6.92 Å². The topological polar surface area (TPSA) is 86.1 Å². The number of carbonyl (C=O) groups excluding carboxylic acids is 2. The van der Waals surface area contributed by atoms with E-state index in [0.717, 1.165) is 44.7 Å². The number of pyridine rings is 1. The van der Waals surface area contributed by atoms with Crippen LogP contribution in [0.2, 0.25) is 0 Å². The van der Waals surface area contributed by atoms with E-state index in [9.17, 15) is 9.59 Å². The molecule has 0 radical (unpaired) electrons. The lowest BCUT2D eigenvalue weighted by molar-refractivity contribution is -0.143. The van der Waals surface area contributed by atoms with E-state index < -0.39 is 6.04 Å². The predicted octanol–water partition coefficient (Wildman–Crippen LogP) is 5.16. The third kappa shape index (κ3) is 6.08. The number of hydrogen-bond acceptors (Lipinski definition) is 5. The number of nitrogens with one attached hydrogen (secondary N) is 1. The maximum absolute atomic E-state index is 13.0. The number of rotatable bonds is 8. The summed E-state index contributed by atoms with van der Waals surface area (Å²) in [5, 5.41) is 8.86. The Bertz CT molecular complexity index is 1220. The highest BCUT2D eigenvalue weighted by Crippen LogP contribution is 2.29. The van der Waals surface area contributed by atoms with Gasteiger partial charge in [-0.15, -0.1) is 0 Å². The quantitative estimate of drug-likeness (QED) is 0.452. The molecular weight excluding hydrogens is 440 g/mol. The van der Waals surface area contributed by atoms with Gasteiger partial charge in [-0.1, -0.05) is 29.8 Å². The molecule has 1 aromatic carbocycles. The molecule has 0 unspecified atom stereocenters. The van der Waals surface area contributed by atoms with Gasteiger partial charge in [0.15, 0.2) is 5.65 Å². The van der Waals surface area contributed by atoms with Crippen molar-refractivity contribution in [1.29, 1.82) is 0 Å². The third-order valence-electron chi connectivity index (χ3n) is 6.30. The lowest BCUT2D eigenvalue weighted by Gasteiger charge is -2.21. The number of ether oxygens (including phenoxy) is 1. The van der Waals surface area contributed by atoms with Gasteiger partial charge in [0.1, 0.15) is 0 Å². The fourth-order valence-electron chi connectivity index (χ4n) is 4.48. The van der Waals surface area contributed by atoms with Gasteiger partial charge in [0, 0.05) is 17.5 Å². The van der Waals surface area contributed by atoms with Gasteiger partial charge in [0.2, 0.25) is 5.91 Å². The molecule has 2 aromatic heterocycles. The summed E-state index contributed by atoms with van der Waals surface area (Å²) in [6.45, 7) is 16.5. The Kier molecular flexibility index (Phi) is 7.98. The van der Waals surface area contributed by atoms with Crippen molar-refractivity contribution in [2.75, 3.05) is 6.61 Å². The van der Waals surface area contributed by atoms with E-state index in [0.29, 0.717) is 19.4 Å². The average Bonchev–Trinajstić information content (AvgIpc) is 3.10. The molecule has 3 rings (SSSR count). The summed E-state index contributed by atoms with van der Waals surface area (Å²) in [6.07, 6.45) is 0.957. The minimum absolute atomic E-state index is 0.0966. The third-order valence-corrected chi connectivity index (χ3v) is 6.30. The van der Waals surface area contributed by atoms with Crippen LogP contribution in [0.3, 0.4) is 0 Å². The molecule has 0 aliphatic carbocycles. The summed E-state index contributed by atoms with van der Waals surface area (Å²) in [5.41, 5.74) is 6.76. The molecule has 7 heteroatoms. The number of hydrogen-bond donors (Lipinski definition) is 1. The first-order chi connectivity index (χ1) is 16.4. The SMILES string of the molecule is CCOC(=O)C[C@H](NC(=O)CCc1c(C)nc2c(c(C)nn2C(C)(C)C)c1C)c1ccc(C)cc1. The molecule has 0 saturated carbocycles. The maximum Gasteiger partial charge on any atom is 0.308 e. The lowest BCUT2D eigenvalue weighted by Crippen LogP contribution is -2.31. The first-order valence-electron chi connectivity index (χ1n) is 12.3. The van der Waals surface area contributed by atoms with Gasteiger partial charge >= 0.3 is 5.97 Å². The maximum atomic E-state index is 13.0. The van der Waals surface area contributed by atoms with Crippen LogP contribution < -0.4 is 5.32 Å². The molecule has 1 atom stereocenters. The first-order valence-corrected chi connectivity index (χ1v) is 12.3. The second kappa shape index (κ2) is 10.6. The standard InChI is InChI=1S/C28H38N4O3/c1-9-35-25(34)16-23(21-12-10-17(2)11-13-21)30-24(33)15-14-22-18(3)26-20(5)31-32(28(6,7)8)27(26)29-19(22)4/h10-13,23H,9,14-16H2,1-8H3,(H,30,33)/t23-/m0/s1. The van der Waals surface area contributed by atoms with Gasteiger partial charge in [-0.25, -0.2) is 9.67 Å². The van der Waals surface area contributed by atoms with Crippen molar-refractivity contribution in [3.05, 3.63) is 57.9 Å². The molecule has 0 fully saturated rings. The van der Waals surface area contributed by atoms with Crippen LogP contribution in [-0.4, -0.2) is 33.2 Å². The molecule has 0 aliphatic heterocycles. The minimum Gasteiger partial charge on any atom is -0.466 e. The van der Waals surface area contributed by atoms with Crippen molar-refractivity contribution in [3.8, 4) is 0 Å². The van der Waals surface area contributed by atoms with Crippen LogP contribution in [0.15, 0.2) is 24.3 Å². The van der Waals surface area contributed by atoms with Gasteiger partial charge in [0.25, 0.3) is 0 Å². The summed E-state index contributed by atoms with van der Waals surface area (Å²) >= 11 is 0. The van der Waals surface area contributed by atoms with Crippen molar-refractivity contribution < 1.29 is 14.3 Å². The van der Waals surface area contributed by atoms with E-state index >= 15 is 0 Å². The second-order valence-corrected chi connectivity index (χ2v) is 10.2. The Morgan fingerprint density at radius 2 is 1.71 bits per heavy atom. The van der Waals surface area contributed by atoms with E-state index in [1.807, 2.05) is 49.7 Å². The monoisotopic (exact) mass is 478 g/mol. The second-order valence-electron chi connectivity index (χ2n) is 10.2. The van der Waals surface area contributed by atoms with Crippen molar-refractivity contribution in [1.82, 2.24) is 20.1 Å². The number of carbonyl (C=O) groups is 2. The molecular formula is C28H38N4O3. The van der Waals surface area contributed by atoms with Gasteiger partial charge < -0.3 is 10.1 Å². The number of nitrogens with zero attached hydrogens (tertiary/aromatic N) is 3. The van der Waals surface area contributed by atoms with Crippen LogP contribution in [0.4, 0.5) is 0 Å². The van der Waals surface area contributed by atoms with Crippen molar-refractivity contribution in [2.45, 2.75) is 86.2 Å². The van der Waals surface area contributed by atoms with E-state index in [4.69, 9.17) is 14.8 Å². The molecule has 3 aromatic rings. The largest absolute Gasteiger partial charge is 0.466 e. The zero-order chi connectivity index (χ0) is 25.9. The van der Waals surface area contributed by atoms with Crippen molar-refractivity contribution in [2.24, 2.45) is 0 Å². The molecule has 2 heterocycles. The number of amides is 1. The first kappa shape index (κ1) is 26.4. The summed E-state index contributed by atoms with van der Waals surface area (Å²) < 4.78 is 7.11. The average molecular weight is 479 g/mol. The molecule has 1 amide bonds. The van der Waals surface area contributed by atoms with Crippen LogP contribution >= 0.6 is 0 Å². The van der Waals surface area contributed by atoms with Crippen LogP contribution in [0, 0.1) is 27.7 Å². The van der Waals surface area contributed by atoms with Crippen LogP contribution in [0.1, 0.15) is 80.2 Å². The molecule has 0 bridgehead atoms. The Labute approximate surface area is 208 Å². The molecule has 0 spiro atoms. The zero-order valence-electron chi connectivity index (χ0n) is 22.3. The summed E-state index contributed by atoms with van der Waals surface area (Å²) in [6, 6.07) is 7.42. The van der Waals surface area contributed by atoms with E-state index in [1.165, 1.54) is 0 Å². The van der Waals surface area contributed by atoms with Gasteiger partial charge in [-0.3, -0.25) is 9.59 Å².